The molecule has 1 rings (SSSR count). The van der Waals surface area contributed by atoms with Crippen LogP contribution in [0.2, 0.25) is 0 Å². The van der Waals surface area contributed by atoms with Gasteiger partial charge in [-0.1, -0.05) is 18.2 Å². The second-order valence-electron chi connectivity index (χ2n) is 2.92. The highest BCUT2D eigenvalue weighted by Gasteiger charge is 2.17. The fourth-order valence-electron chi connectivity index (χ4n) is 0.944. The largest absolute Gasteiger partial charge is 0.242 e. The Morgan fingerprint density at radius 1 is 1.56 bits per heavy atom. The zero-order chi connectivity index (χ0) is 12.3. The molecule has 0 unspecified atom stereocenters. The third-order valence-electron chi connectivity index (χ3n) is 1.64. The van der Waals surface area contributed by atoms with Gasteiger partial charge in [0.1, 0.15) is 5.82 Å². The second-order valence-corrected chi connectivity index (χ2v) is 6.04. The minimum Gasteiger partial charge on any atom is -0.207 e. The van der Waals surface area contributed by atoms with E-state index in [2.05, 4.69) is 27.2 Å². The number of nitrogens with one attached hydrogen (secondary N) is 1. The molecule has 16 heavy (non-hydrogen) atoms. The summed E-state index contributed by atoms with van der Waals surface area (Å²) >= 11 is 8.42. The van der Waals surface area contributed by atoms with Gasteiger partial charge in [-0.2, -0.15) is 0 Å². The number of sulfonamides is 1. The van der Waals surface area contributed by atoms with Gasteiger partial charge in [0, 0.05) is 16.0 Å². The van der Waals surface area contributed by atoms with Crippen LogP contribution in [-0.2, 0) is 10.0 Å². The number of benzene rings is 1. The van der Waals surface area contributed by atoms with E-state index in [1.54, 1.807) is 0 Å². The summed E-state index contributed by atoms with van der Waals surface area (Å²) in [4.78, 5) is -0.0492. The Balaban J connectivity index is 3.03. The van der Waals surface area contributed by atoms with Crippen LogP contribution in [0.3, 0.4) is 0 Å². The highest BCUT2D eigenvalue weighted by atomic mass is 79.9. The maximum atomic E-state index is 12.8. The Labute approximate surface area is 106 Å². The van der Waals surface area contributed by atoms with E-state index in [1.807, 2.05) is 0 Å². The highest BCUT2D eigenvalue weighted by molar-refractivity contribution is 9.10. The molecule has 0 aliphatic carbocycles. The van der Waals surface area contributed by atoms with Gasteiger partial charge in [0.15, 0.2) is 0 Å². The Morgan fingerprint density at radius 3 is 2.69 bits per heavy atom. The van der Waals surface area contributed by atoms with Crippen LogP contribution in [0.5, 0.6) is 0 Å². The van der Waals surface area contributed by atoms with Crippen LogP contribution in [0, 0.1) is 5.82 Å². The van der Waals surface area contributed by atoms with E-state index in [0.717, 1.165) is 12.1 Å². The van der Waals surface area contributed by atoms with Crippen LogP contribution in [0.15, 0.2) is 39.2 Å². The fourth-order valence-corrected chi connectivity index (χ4v) is 3.16. The molecule has 0 fully saturated rings. The van der Waals surface area contributed by atoms with Crippen molar-refractivity contribution in [3.05, 3.63) is 40.1 Å². The highest BCUT2D eigenvalue weighted by Crippen LogP contribution is 2.22. The first-order valence-electron chi connectivity index (χ1n) is 4.11. The molecule has 88 valence electrons. The topological polar surface area (TPSA) is 46.2 Å². The first kappa shape index (κ1) is 13.6. The lowest BCUT2D eigenvalue weighted by Gasteiger charge is -2.07. The number of hydrogen-bond acceptors (Lipinski definition) is 2. The summed E-state index contributed by atoms with van der Waals surface area (Å²) < 4.78 is 38.6. The second kappa shape index (κ2) is 5.27. The summed E-state index contributed by atoms with van der Waals surface area (Å²) in [5.74, 6) is -0.521. The first-order valence-corrected chi connectivity index (χ1v) is 6.76. The van der Waals surface area contributed by atoms with E-state index in [9.17, 15) is 12.8 Å². The summed E-state index contributed by atoms with van der Waals surface area (Å²) in [6.07, 6.45) is 0. The van der Waals surface area contributed by atoms with Gasteiger partial charge >= 0.3 is 0 Å². The van der Waals surface area contributed by atoms with Gasteiger partial charge in [-0.25, -0.2) is 17.5 Å². The van der Waals surface area contributed by atoms with Gasteiger partial charge in [-0.15, -0.1) is 0 Å². The maximum Gasteiger partial charge on any atom is 0.242 e. The Hall–Kier alpha value is -0.430. The van der Waals surface area contributed by atoms with E-state index in [1.165, 1.54) is 6.07 Å². The van der Waals surface area contributed by atoms with E-state index >= 15 is 0 Å². The Bertz CT molecular complexity index is 518. The molecular weight excluding hydrogens is 321 g/mol. The number of hydrogen-bond donors (Lipinski definition) is 1. The number of halogens is 3. The molecule has 0 aliphatic heterocycles. The van der Waals surface area contributed by atoms with E-state index in [0.29, 0.717) is 0 Å². The average molecular weight is 329 g/mol. The molecule has 0 heterocycles. The summed E-state index contributed by atoms with van der Waals surface area (Å²) in [5.41, 5.74) is 0. The van der Waals surface area contributed by atoms with Crippen LogP contribution in [-0.4, -0.2) is 15.0 Å². The molecule has 1 N–H and O–H groups in total. The SMILES string of the molecule is C=C(Cl)CNS(=O)(=O)c1ccc(F)cc1Br. The van der Waals surface area contributed by atoms with Gasteiger partial charge in [0.05, 0.1) is 4.90 Å². The number of rotatable bonds is 4. The minimum absolute atomic E-state index is 0.0492. The van der Waals surface area contributed by atoms with Crippen molar-refractivity contribution in [3.63, 3.8) is 0 Å². The maximum absolute atomic E-state index is 12.8. The normalized spacial score (nSPS) is 11.4. The molecule has 0 aromatic heterocycles. The van der Waals surface area contributed by atoms with Crippen LogP contribution in [0.1, 0.15) is 0 Å². The average Bonchev–Trinajstić information content (AvgIpc) is 2.14. The van der Waals surface area contributed by atoms with Gasteiger partial charge in [-0.3, -0.25) is 0 Å². The van der Waals surface area contributed by atoms with Crippen LogP contribution in [0.25, 0.3) is 0 Å². The molecule has 1 aromatic rings. The van der Waals surface area contributed by atoms with E-state index in [4.69, 9.17) is 11.6 Å². The summed E-state index contributed by atoms with van der Waals surface area (Å²) in [6.45, 7) is 3.28. The predicted octanol–water partition coefficient (Wildman–Crippen LogP) is 2.62. The van der Waals surface area contributed by atoms with Crippen molar-refractivity contribution < 1.29 is 12.8 Å². The molecule has 0 saturated heterocycles. The monoisotopic (exact) mass is 327 g/mol. The summed E-state index contributed by atoms with van der Waals surface area (Å²) in [5, 5.41) is 0.168. The smallest absolute Gasteiger partial charge is 0.207 e. The molecule has 0 radical (unpaired) electrons. The van der Waals surface area contributed by atoms with Crippen molar-refractivity contribution in [1.29, 1.82) is 0 Å². The van der Waals surface area contributed by atoms with Crippen LogP contribution < -0.4 is 4.72 Å². The third kappa shape index (κ3) is 3.55. The van der Waals surface area contributed by atoms with Crippen LogP contribution in [0.4, 0.5) is 4.39 Å². The zero-order valence-electron chi connectivity index (χ0n) is 8.00. The van der Waals surface area contributed by atoms with Crippen molar-refractivity contribution >= 4 is 37.6 Å². The summed E-state index contributed by atoms with van der Waals surface area (Å²) in [6, 6.07) is 3.30. The molecular formula is C9H8BrClFNO2S. The standard InChI is InChI=1S/C9H8BrClFNO2S/c1-6(11)5-13-16(14,15)9-3-2-7(12)4-8(9)10/h2-4,13H,1,5H2. The van der Waals surface area contributed by atoms with Crippen molar-refractivity contribution in [2.45, 2.75) is 4.90 Å². The van der Waals surface area contributed by atoms with Crippen LogP contribution >= 0.6 is 27.5 Å². The molecule has 0 amide bonds. The summed E-state index contributed by atoms with van der Waals surface area (Å²) in [7, 11) is -3.71. The van der Waals surface area contributed by atoms with Gasteiger partial charge in [-0.05, 0) is 34.1 Å². The quantitative estimate of drug-likeness (QED) is 0.923. The minimum atomic E-state index is -3.71. The van der Waals surface area contributed by atoms with Gasteiger partial charge in [0.2, 0.25) is 10.0 Å². The van der Waals surface area contributed by atoms with Gasteiger partial charge < -0.3 is 0 Å². The van der Waals surface area contributed by atoms with Crippen molar-refractivity contribution in [1.82, 2.24) is 4.72 Å². The molecule has 0 atom stereocenters. The molecule has 7 heteroatoms. The molecule has 0 bridgehead atoms. The van der Waals surface area contributed by atoms with Gasteiger partial charge in [0.25, 0.3) is 0 Å². The van der Waals surface area contributed by atoms with E-state index < -0.39 is 15.8 Å². The van der Waals surface area contributed by atoms with Crippen molar-refractivity contribution in [2.24, 2.45) is 0 Å². The lowest BCUT2D eigenvalue weighted by molar-refractivity contribution is 0.583. The first-order chi connectivity index (χ1) is 7.33. The molecule has 1 aromatic carbocycles. The Morgan fingerprint density at radius 2 is 2.19 bits per heavy atom. The Kier molecular flexibility index (Phi) is 4.49. The third-order valence-corrected chi connectivity index (χ3v) is 4.15. The molecule has 0 spiro atoms. The predicted molar refractivity (Wildman–Crippen MR) is 64.3 cm³/mol. The zero-order valence-corrected chi connectivity index (χ0v) is 11.2. The molecule has 0 saturated carbocycles. The fraction of sp³-hybridized carbons (Fsp3) is 0.111. The van der Waals surface area contributed by atoms with Crippen molar-refractivity contribution in [3.8, 4) is 0 Å². The molecule has 3 nitrogen and oxygen atoms in total. The molecule has 0 aliphatic rings. The lowest BCUT2D eigenvalue weighted by atomic mass is 10.3. The van der Waals surface area contributed by atoms with E-state index in [-0.39, 0.29) is 20.9 Å². The van der Waals surface area contributed by atoms with Crippen molar-refractivity contribution in [2.75, 3.05) is 6.54 Å². The lowest BCUT2D eigenvalue weighted by Crippen LogP contribution is -2.25.